The second kappa shape index (κ2) is 7.61. The molecule has 0 bridgehead atoms. The fraction of sp³-hybridized carbons (Fsp3) is 0.500. The van der Waals surface area contributed by atoms with E-state index in [0.29, 0.717) is 6.54 Å². The predicted octanol–water partition coefficient (Wildman–Crippen LogP) is 2.57. The minimum atomic E-state index is -1.09. The molecule has 0 fully saturated rings. The van der Waals surface area contributed by atoms with E-state index in [9.17, 15) is 9.90 Å². The molecule has 0 radical (unpaired) electrons. The van der Waals surface area contributed by atoms with Crippen LogP contribution in [0.3, 0.4) is 0 Å². The fourth-order valence-corrected chi connectivity index (χ4v) is 3.08. The molecule has 1 unspecified atom stereocenters. The highest BCUT2D eigenvalue weighted by Gasteiger charge is 2.24. The molecule has 0 aromatic carbocycles. The lowest BCUT2D eigenvalue weighted by molar-refractivity contribution is 0.0598. The first-order chi connectivity index (χ1) is 11.0. The quantitative estimate of drug-likeness (QED) is 0.724. The summed E-state index contributed by atoms with van der Waals surface area (Å²) in [4.78, 5) is 12.0. The summed E-state index contributed by atoms with van der Waals surface area (Å²) in [5.41, 5.74) is 1.52. The van der Waals surface area contributed by atoms with E-state index in [1.807, 2.05) is 30.7 Å². The molecule has 2 amide bonds. The van der Waals surface area contributed by atoms with E-state index >= 15 is 0 Å². The molecule has 0 aliphatic carbocycles. The Hall–Kier alpha value is -1.86. The van der Waals surface area contributed by atoms with E-state index in [-0.39, 0.29) is 12.6 Å². The Kier molecular flexibility index (Phi) is 5.79. The van der Waals surface area contributed by atoms with Gasteiger partial charge in [0.1, 0.15) is 11.4 Å². The minimum absolute atomic E-state index is 0.139. The molecule has 23 heavy (non-hydrogen) atoms. The maximum absolute atomic E-state index is 12.0. The summed E-state index contributed by atoms with van der Waals surface area (Å²) in [6.07, 6.45) is 1.49. The maximum Gasteiger partial charge on any atom is 0.315 e. The Morgan fingerprint density at radius 1 is 1.39 bits per heavy atom. The van der Waals surface area contributed by atoms with Crippen molar-refractivity contribution in [3.8, 4) is 0 Å². The molecular formula is C16H23N3O3S. The molecule has 0 saturated carbocycles. The molecule has 0 aliphatic rings. The van der Waals surface area contributed by atoms with Gasteiger partial charge in [0.25, 0.3) is 0 Å². The lowest BCUT2D eigenvalue weighted by Crippen LogP contribution is -2.43. The van der Waals surface area contributed by atoms with Gasteiger partial charge in [-0.05, 0) is 35.7 Å². The van der Waals surface area contributed by atoms with Crippen LogP contribution in [0.2, 0.25) is 0 Å². The molecular weight excluding hydrogens is 314 g/mol. The standard InChI is InChI=1S/C16H23N3O3S/c1-4-13-12(14(5-2)22-19-13)8-17-15(20)18-10-16(3,21)11-6-7-23-9-11/h6-7,9,21H,4-5,8,10H2,1-3H3,(H2,17,18,20). The molecule has 126 valence electrons. The summed E-state index contributed by atoms with van der Waals surface area (Å²) in [5.74, 6) is 0.799. The number of rotatable bonds is 7. The zero-order valence-corrected chi connectivity index (χ0v) is 14.5. The van der Waals surface area contributed by atoms with Gasteiger partial charge >= 0.3 is 6.03 Å². The van der Waals surface area contributed by atoms with Crippen molar-refractivity contribution >= 4 is 17.4 Å². The average Bonchev–Trinajstić information content (AvgIpc) is 3.20. The number of nitrogens with zero attached hydrogens (tertiary/aromatic N) is 1. The van der Waals surface area contributed by atoms with Gasteiger partial charge in [0.05, 0.1) is 12.2 Å². The minimum Gasteiger partial charge on any atom is -0.384 e. The monoisotopic (exact) mass is 337 g/mol. The largest absolute Gasteiger partial charge is 0.384 e. The molecule has 2 aromatic rings. The number of urea groups is 1. The van der Waals surface area contributed by atoms with Crippen molar-refractivity contribution in [1.29, 1.82) is 0 Å². The van der Waals surface area contributed by atoms with Gasteiger partial charge in [0, 0.05) is 18.5 Å². The van der Waals surface area contributed by atoms with Crippen LogP contribution in [0.15, 0.2) is 21.3 Å². The molecule has 1 atom stereocenters. The number of hydrogen-bond acceptors (Lipinski definition) is 5. The summed E-state index contributed by atoms with van der Waals surface area (Å²) in [7, 11) is 0. The fourth-order valence-electron chi connectivity index (χ4n) is 2.29. The number of aryl methyl sites for hydroxylation is 2. The number of thiophene rings is 1. The lowest BCUT2D eigenvalue weighted by atomic mass is 9.99. The van der Waals surface area contributed by atoms with Gasteiger partial charge in [-0.1, -0.05) is 19.0 Å². The summed E-state index contributed by atoms with van der Waals surface area (Å²) in [5, 5.41) is 23.7. The van der Waals surface area contributed by atoms with Gasteiger partial charge in [0.2, 0.25) is 0 Å². The third-order valence-electron chi connectivity index (χ3n) is 3.77. The van der Waals surface area contributed by atoms with Crippen LogP contribution < -0.4 is 10.6 Å². The zero-order valence-electron chi connectivity index (χ0n) is 13.7. The van der Waals surface area contributed by atoms with E-state index < -0.39 is 5.60 Å². The molecule has 3 N–H and O–H groups in total. The predicted molar refractivity (Wildman–Crippen MR) is 89.4 cm³/mol. The Bertz CT molecular complexity index is 614. The SMILES string of the molecule is CCc1noc(CC)c1CNC(=O)NCC(C)(O)c1ccsc1. The van der Waals surface area contributed by atoms with Gasteiger partial charge < -0.3 is 20.3 Å². The normalized spacial score (nSPS) is 13.6. The van der Waals surface area contributed by atoms with Crippen LogP contribution in [0.5, 0.6) is 0 Å². The van der Waals surface area contributed by atoms with Crippen molar-refractivity contribution in [3.63, 3.8) is 0 Å². The van der Waals surface area contributed by atoms with Crippen LogP contribution >= 0.6 is 11.3 Å². The van der Waals surface area contributed by atoms with Crippen LogP contribution in [0.4, 0.5) is 4.79 Å². The molecule has 2 aromatic heterocycles. The van der Waals surface area contributed by atoms with Crippen molar-refractivity contribution < 1.29 is 14.4 Å². The number of hydrogen-bond donors (Lipinski definition) is 3. The Balaban J connectivity index is 1.87. The van der Waals surface area contributed by atoms with Crippen LogP contribution in [0.1, 0.15) is 43.4 Å². The van der Waals surface area contributed by atoms with Crippen molar-refractivity contribution in [2.75, 3.05) is 6.54 Å². The molecule has 2 rings (SSSR count). The van der Waals surface area contributed by atoms with Crippen molar-refractivity contribution in [2.45, 2.75) is 45.8 Å². The van der Waals surface area contributed by atoms with Crippen molar-refractivity contribution in [3.05, 3.63) is 39.4 Å². The third-order valence-corrected chi connectivity index (χ3v) is 4.45. The summed E-state index contributed by atoms with van der Waals surface area (Å²) in [6.45, 7) is 6.17. The Labute approximate surface area is 139 Å². The Morgan fingerprint density at radius 3 is 2.78 bits per heavy atom. The van der Waals surface area contributed by atoms with E-state index in [2.05, 4.69) is 15.8 Å². The van der Waals surface area contributed by atoms with E-state index in [4.69, 9.17) is 4.52 Å². The summed E-state index contributed by atoms with van der Waals surface area (Å²) >= 11 is 1.51. The second-order valence-electron chi connectivity index (χ2n) is 5.56. The number of aromatic nitrogens is 1. The molecule has 0 spiro atoms. The molecule has 6 nitrogen and oxygen atoms in total. The third kappa shape index (κ3) is 4.33. The summed E-state index contributed by atoms with van der Waals surface area (Å²) < 4.78 is 5.27. The number of nitrogens with one attached hydrogen (secondary N) is 2. The first kappa shape index (κ1) is 17.5. The molecule has 7 heteroatoms. The molecule has 0 saturated heterocycles. The summed E-state index contributed by atoms with van der Waals surface area (Å²) in [6, 6.07) is 1.52. The lowest BCUT2D eigenvalue weighted by Gasteiger charge is -2.22. The van der Waals surface area contributed by atoms with Crippen LogP contribution in [0.25, 0.3) is 0 Å². The molecule has 0 aliphatic heterocycles. The van der Waals surface area contributed by atoms with E-state index in [1.165, 1.54) is 11.3 Å². The van der Waals surface area contributed by atoms with E-state index in [0.717, 1.165) is 35.4 Å². The van der Waals surface area contributed by atoms with Crippen LogP contribution in [-0.4, -0.2) is 22.8 Å². The zero-order chi connectivity index (χ0) is 16.9. The highest BCUT2D eigenvalue weighted by Crippen LogP contribution is 2.22. The van der Waals surface area contributed by atoms with Gasteiger partial charge in [-0.25, -0.2) is 4.79 Å². The van der Waals surface area contributed by atoms with Crippen molar-refractivity contribution in [1.82, 2.24) is 15.8 Å². The van der Waals surface area contributed by atoms with Crippen LogP contribution in [0, 0.1) is 0 Å². The van der Waals surface area contributed by atoms with Gasteiger partial charge in [-0.3, -0.25) is 0 Å². The number of amides is 2. The van der Waals surface area contributed by atoms with Crippen molar-refractivity contribution in [2.24, 2.45) is 0 Å². The second-order valence-corrected chi connectivity index (χ2v) is 6.34. The van der Waals surface area contributed by atoms with Gasteiger partial charge in [-0.2, -0.15) is 11.3 Å². The highest BCUT2D eigenvalue weighted by molar-refractivity contribution is 7.08. The smallest absolute Gasteiger partial charge is 0.315 e. The maximum atomic E-state index is 12.0. The Morgan fingerprint density at radius 2 is 2.17 bits per heavy atom. The topological polar surface area (TPSA) is 87.4 Å². The van der Waals surface area contributed by atoms with Gasteiger partial charge in [0.15, 0.2) is 0 Å². The molecule has 2 heterocycles. The first-order valence-electron chi connectivity index (χ1n) is 7.71. The number of carbonyl (C=O) groups is 1. The first-order valence-corrected chi connectivity index (χ1v) is 8.65. The number of aliphatic hydroxyl groups is 1. The van der Waals surface area contributed by atoms with E-state index in [1.54, 1.807) is 6.92 Å². The highest BCUT2D eigenvalue weighted by atomic mass is 32.1. The van der Waals surface area contributed by atoms with Gasteiger partial charge in [-0.15, -0.1) is 0 Å². The van der Waals surface area contributed by atoms with Crippen LogP contribution in [-0.2, 0) is 25.0 Å². The average molecular weight is 337 g/mol. The number of carbonyl (C=O) groups excluding carboxylic acids is 1.